The predicted molar refractivity (Wildman–Crippen MR) is 72.1 cm³/mol. The van der Waals surface area contributed by atoms with Crippen molar-refractivity contribution in [1.82, 2.24) is 15.3 Å². The molecule has 1 aromatic rings. The van der Waals surface area contributed by atoms with Gasteiger partial charge >= 0.3 is 0 Å². The summed E-state index contributed by atoms with van der Waals surface area (Å²) in [5, 5.41) is 3.38. The highest BCUT2D eigenvalue weighted by Crippen LogP contribution is 2.22. The van der Waals surface area contributed by atoms with Gasteiger partial charge in [-0.05, 0) is 24.4 Å². The molecule has 1 heterocycles. The molecule has 0 aliphatic rings. The average molecular weight is 235 g/mol. The van der Waals surface area contributed by atoms with Crippen LogP contribution in [0.15, 0.2) is 12.4 Å². The van der Waals surface area contributed by atoms with Gasteiger partial charge in [-0.3, -0.25) is 0 Å². The van der Waals surface area contributed by atoms with Crippen LogP contribution in [0.4, 0.5) is 0 Å². The number of hydrogen-bond acceptors (Lipinski definition) is 3. The molecule has 0 fully saturated rings. The van der Waals surface area contributed by atoms with Crippen LogP contribution in [0, 0.1) is 5.41 Å². The normalized spacial score (nSPS) is 14.1. The molecule has 0 aliphatic carbocycles. The Bertz CT molecular complexity index is 353. The number of likely N-dealkylation sites (N-methyl/N-ethyl adjacent to an activating group) is 1. The SMILES string of the molecule is CNC(Cc1cc(C(C)C)ncn1)C(C)(C)C. The van der Waals surface area contributed by atoms with Crippen molar-refractivity contribution in [2.75, 3.05) is 7.05 Å². The zero-order valence-corrected chi connectivity index (χ0v) is 11.9. The highest BCUT2D eigenvalue weighted by molar-refractivity contribution is 5.13. The molecule has 0 bridgehead atoms. The van der Waals surface area contributed by atoms with E-state index in [1.165, 1.54) is 0 Å². The van der Waals surface area contributed by atoms with Crippen molar-refractivity contribution in [3.05, 3.63) is 23.8 Å². The molecule has 0 amide bonds. The van der Waals surface area contributed by atoms with Gasteiger partial charge in [0.1, 0.15) is 6.33 Å². The minimum atomic E-state index is 0.234. The molecule has 1 atom stereocenters. The molecular weight excluding hydrogens is 210 g/mol. The second kappa shape index (κ2) is 5.58. The smallest absolute Gasteiger partial charge is 0.115 e. The van der Waals surface area contributed by atoms with Gasteiger partial charge in [-0.25, -0.2) is 9.97 Å². The van der Waals surface area contributed by atoms with Crippen molar-refractivity contribution in [2.45, 2.75) is 53.0 Å². The van der Waals surface area contributed by atoms with Crippen LogP contribution in [-0.2, 0) is 6.42 Å². The van der Waals surface area contributed by atoms with E-state index < -0.39 is 0 Å². The summed E-state index contributed by atoms with van der Waals surface area (Å²) < 4.78 is 0. The van der Waals surface area contributed by atoms with Crippen LogP contribution in [0.3, 0.4) is 0 Å². The van der Waals surface area contributed by atoms with E-state index in [0.717, 1.165) is 17.8 Å². The first kappa shape index (κ1) is 14.1. The van der Waals surface area contributed by atoms with Crippen molar-refractivity contribution >= 4 is 0 Å². The first-order chi connectivity index (χ1) is 7.84. The fourth-order valence-corrected chi connectivity index (χ4v) is 1.89. The Labute approximate surface area is 105 Å². The van der Waals surface area contributed by atoms with Gasteiger partial charge < -0.3 is 5.32 Å². The molecular formula is C14H25N3. The van der Waals surface area contributed by atoms with Gasteiger partial charge in [-0.15, -0.1) is 0 Å². The summed E-state index contributed by atoms with van der Waals surface area (Å²) in [4.78, 5) is 8.67. The van der Waals surface area contributed by atoms with Crippen LogP contribution < -0.4 is 5.32 Å². The van der Waals surface area contributed by atoms with Crippen molar-refractivity contribution in [1.29, 1.82) is 0 Å². The molecule has 1 aromatic heterocycles. The third-order valence-electron chi connectivity index (χ3n) is 3.14. The lowest BCUT2D eigenvalue weighted by atomic mass is 9.84. The number of nitrogens with zero attached hydrogens (tertiary/aromatic N) is 2. The lowest BCUT2D eigenvalue weighted by Gasteiger charge is -2.30. The van der Waals surface area contributed by atoms with Crippen molar-refractivity contribution in [2.24, 2.45) is 5.41 Å². The third-order valence-corrected chi connectivity index (χ3v) is 3.14. The zero-order chi connectivity index (χ0) is 13.1. The minimum absolute atomic E-state index is 0.234. The van der Waals surface area contributed by atoms with Crippen LogP contribution in [0.25, 0.3) is 0 Å². The first-order valence-electron chi connectivity index (χ1n) is 6.32. The van der Waals surface area contributed by atoms with Crippen LogP contribution in [0.5, 0.6) is 0 Å². The molecule has 1 rings (SSSR count). The Morgan fingerprint density at radius 3 is 2.35 bits per heavy atom. The minimum Gasteiger partial charge on any atom is -0.316 e. The van der Waals surface area contributed by atoms with E-state index >= 15 is 0 Å². The van der Waals surface area contributed by atoms with E-state index in [2.05, 4.69) is 56.0 Å². The average Bonchev–Trinajstić information content (AvgIpc) is 2.24. The number of nitrogens with one attached hydrogen (secondary N) is 1. The molecule has 0 saturated carbocycles. The lowest BCUT2D eigenvalue weighted by molar-refractivity contribution is 0.278. The molecule has 1 unspecified atom stereocenters. The summed E-state index contributed by atoms with van der Waals surface area (Å²) in [6.07, 6.45) is 2.63. The van der Waals surface area contributed by atoms with E-state index in [0.29, 0.717) is 12.0 Å². The summed E-state index contributed by atoms with van der Waals surface area (Å²) in [5.41, 5.74) is 2.48. The molecule has 3 heteroatoms. The monoisotopic (exact) mass is 235 g/mol. The molecule has 0 saturated heterocycles. The van der Waals surface area contributed by atoms with E-state index in [-0.39, 0.29) is 5.41 Å². The standard InChI is InChI=1S/C14H25N3/c1-10(2)12-7-11(16-9-17-12)8-13(15-6)14(3,4)5/h7,9-10,13,15H,8H2,1-6H3. The highest BCUT2D eigenvalue weighted by atomic mass is 14.9. The van der Waals surface area contributed by atoms with Gasteiger partial charge in [-0.1, -0.05) is 34.6 Å². The Balaban J connectivity index is 2.83. The Morgan fingerprint density at radius 1 is 1.24 bits per heavy atom. The number of aromatic nitrogens is 2. The predicted octanol–water partition coefficient (Wildman–Crippen LogP) is 2.78. The second-order valence-electron chi connectivity index (χ2n) is 6.00. The molecule has 3 nitrogen and oxygen atoms in total. The fourth-order valence-electron chi connectivity index (χ4n) is 1.89. The van der Waals surface area contributed by atoms with Crippen molar-refractivity contribution in [3.8, 4) is 0 Å². The number of rotatable bonds is 4. The van der Waals surface area contributed by atoms with E-state index in [1.807, 2.05) is 7.05 Å². The highest BCUT2D eigenvalue weighted by Gasteiger charge is 2.23. The summed E-state index contributed by atoms with van der Waals surface area (Å²) in [6, 6.07) is 2.55. The lowest BCUT2D eigenvalue weighted by Crippen LogP contribution is -2.40. The van der Waals surface area contributed by atoms with Gasteiger partial charge in [0.25, 0.3) is 0 Å². The Kier molecular flexibility index (Phi) is 4.63. The second-order valence-corrected chi connectivity index (χ2v) is 6.00. The fraction of sp³-hybridized carbons (Fsp3) is 0.714. The Morgan fingerprint density at radius 2 is 1.88 bits per heavy atom. The summed E-state index contributed by atoms with van der Waals surface area (Å²) in [6.45, 7) is 11.1. The molecule has 0 aromatic carbocycles. The van der Waals surface area contributed by atoms with E-state index in [4.69, 9.17) is 0 Å². The van der Waals surface area contributed by atoms with Gasteiger partial charge in [0, 0.05) is 23.9 Å². The first-order valence-corrected chi connectivity index (χ1v) is 6.32. The van der Waals surface area contributed by atoms with E-state index in [9.17, 15) is 0 Å². The van der Waals surface area contributed by atoms with Gasteiger partial charge in [0.15, 0.2) is 0 Å². The third kappa shape index (κ3) is 4.08. The van der Waals surface area contributed by atoms with Gasteiger partial charge in [-0.2, -0.15) is 0 Å². The maximum atomic E-state index is 4.37. The number of hydrogen-bond donors (Lipinski definition) is 1. The largest absolute Gasteiger partial charge is 0.316 e. The van der Waals surface area contributed by atoms with Crippen LogP contribution in [-0.4, -0.2) is 23.1 Å². The van der Waals surface area contributed by atoms with Crippen LogP contribution in [0.1, 0.15) is 51.9 Å². The summed E-state index contributed by atoms with van der Waals surface area (Å²) in [5.74, 6) is 0.458. The molecule has 0 radical (unpaired) electrons. The molecule has 17 heavy (non-hydrogen) atoms. The zero-order valence-electron chi connectivity index (χ0n) is 11.9. The maximum Gasteiger partial charge on any atom is 0.115 e. The summed E-state index contributed by atoms with van der Waals surface area (Å²) >= 11 is 0. The van der Waals surface area contributed by atoms with Gasteiger partial charge in [0.05, 0.1) is 0 Å². The summed E-state index contributed by atoms with van der Waals surface area (Å²) in [7, 11) is 2.01. The quantitative estimate of drug-likeness (QED) is 0.872. The van der Waals surface area contributed by atoms with Crippen molar-refractivity contribution in [3.63, 3.8) is 0 Å². The maximum absolute atomic E-state index is 4.37. The molecule has 1 N–H and O–H groups in total. The molecule has 96 valence electrons. The van der Waals surface area contributed by atoms with Crippen LogP contribution >= 0.6 is 0 Å². The Hall–Kier alpha value is -0.960. The van der Waals surface area contributed by atoms with E-state index in [1.54, 1.807) is 6.33 Å². The topological polar surface area (TPSA) is 37.8 Å². The molecule has 0 aliphatic heterocycles. The molecule has 0 spiro atoms. The van der Waals surface area contributed by atoms with Crippen molar-refractivity contribution < 1.29 is 0 Å². The van der Waals surface area contributed by atoms with Gasteiger partial charge in [0.2, 0.25) is 0 Å². The van der Waals surface area contributed by atoms with Crippen LogP contribution in [0.2, 0.25) is 0 Å².